The molecule has 0 saturated carbocycles. The van der Waals surface area contributed by atoms with Gasteiger partial charge in [0.05, 0.1) is 5.54 Å². The van der Waals surface area contributed by atoms with Crippen molar-refractivity contribution in [3.63, 3.8) is 0 Å². The molecule has 0 saturated heterocycles. The topological polar surface area (TPSA) is 12.0 Å². The SMILES string of the molecule is CC(C)(NCl)c1cc(F)cc(F)c1. The largest absolute Gasteiger partial charge is 0.223 e. The minimum atomic E-state index is -0.648. The molecule has 0 heterocycles. The van der Waals surface area contributed by atoms with Gasteiger partial charge in [-0.3, -0.25) is 0 Å². The quantitative estimate of drug-likeness (QED) is 0.732. The summed E-state index contributed by atoms with van der Waals surface area (Å²) in [6, 6.07) is 3.32. The molecule has 0 atom stereocenters. The van der Waals surface area contributed by atoms with Crippen LogP contribution in [0.3, 0.4) is 0 Å². The van der Waals surface area contributed by atoms with E-state index >= 15 is 0 Å². The molecule has 72 valence electrons. The second kappa shape index (κ2) is 3.60. The zero-order valence-electron chi connectivity index (χ0n) is 7.37. The fraction of sp³-hybridized carbons (Fsp3) is 0.333. The summed E-state index contributed by atoms with van der Waals surface area (Å²) in [5.74, 6) is -1.20. The van der Waals surface area contributed by atoms with E-state index in [9.17, 15) is 8.78 Å². The highest BCUT2D eigenvalue weighted by atomic mass is 35.5. The Balaban J connectivity index is 3.15. The van der Waals surface area contributed by atoms with Gasteiger partial charge in [0.15, 0.2) is 0 Å². The van der Waals surface area contributed by atoms with E-state index in [2.05, 4.69) is 4.84 Å². The van der Waals surface area contributed by atoms with Crippen molar-refractivity contribution >= 4 is 11.8 Å². The zero-order valence-corrected chi connectivity index (χ0v) is 8.12. The van der Waals surface area contributed by atoms with E-state index in [1.807, 2.05) is 0 Å². The lowest BCUT2D eigenvalue weighted by molar-refractivity contribution is 0.488. The zero-order chi connectivity index (χ0) is 10.1. The molecule has 0 aliphatic carbocycles. The molecule has 1 N–H and O–H groups in total. The van der Waals surface area contributed by atoms with Crippen LogP contribution in [-0.4, -0.2) is 0 Å². The minimum absolute atomic E-state index is 0.472. The van der Waals surface area contributed by atoms with E-state index in [1.165, 1.54) is 12.1 Å². The van der Waals surface area contributed by atoms with Gasteiger partial charge >= 0.3 is 0 Å². The number of rotatable bonds is 2. The molecule has 0 aliphatic rings. The van der Waals surface area contributed by atoms with E-state index in [0.29, 0.717) is 5.56 Å². The van der Waals surface area contributed by atoms with Crippen LogP contribution in [0.1, 0.15) is 19.4 Å². The van der Waals surface area contributed by atoms with Gasteiger partial charge in [-0.1, -0.05) is 0 Å². The highest BCUT2D eigenvalue weighted by Gasteiger charge is 2.20. The summed E-state index contributed by atoms with van der Waals surface area (Å²) < 4.78 is 25.6. The number of hydrogen-bond acceptors (Lipinski definition) is 1. The Kier molecular flexibility index (Phi) is 2.88. The molecular formula is C9H10ClF2N. The number of benzene rings is 1. The second-order valence-corrected chi connectivity index (χ2v) is 3.57. The van der Waals surface area contributed by atoms with E-state index in [-0.39, 0.29) is 0 Å². The molecule has 0 spiro atoms. The molecule has 1 aromatic rings. The summed E-state index contributed by atoms with van der Waals surface area (Å²) in [7, 11) is 0. The van der Waals surface area contributed by atoms with Crippen molar-refractivity contribution in [1.29, 1.82) is 0 Å². The fourth-order valence-electron chi connectivity index (χ4n) is 0.969. The van der Waals surface area contributed by atoms with E-state index < -0.39 is 17.2 Å². The van der Waals surface area contributed by atoms with Crippen molar-refractivity contribution in [3.05, 3.63) is 35.4 Å². The first-order valence-corrected chi connectivity index (χ1v) is 4.18. The lowest BCUT2D eigenvalue weighted by atomic mass is 9.95. The van der Waals surface area contributed by atoms with Crippen LogP contribution >= 0.6 is 11.8 Å². The van der Waals surface area contributed by atoms with Gasteiger partial charge in [-0.25, -0.2) is 13.6 Å². The first-order valence-electron chi connectivity index (χ1n) is 3.80. The molecule has 0 radical (unpaired) electrons. The van der Waals surface area contributed by atoms with Gasteiger partial charge in [-0.2, -0.15) is 0 Å². The molecule has 4 heteroatoms. The predicted molar refractivity (Wildman–Crippen MR) is 48.4 cm³/mol. The maximum atomic E-state index is 12.8. The van der Waals surface area contributed by atoms with Crippen molar-refractivity contribution in [2.45, 2.75) is 19.4 Å². The normalized spacial score (nSPS) is 11.8. The van der Waals surface area contributed by atoms with Crippen molar-refractivity contribution in [2.75, 3.05) is 0 Å². The van der Waals surface area contributed by atoms with E-state index in [0.717, 1.165) is 6.07 Å². The Bertz CT molecular complexity index is 292. The molecule has 1 rings (SSSR count). The summed E-state index contributed by atoms with van der Waals surface area (Å²) in [4.78, 5) is 2.45. The fourth-order valence-corrected chi connectivity index (χ4v) is 1.08. The number of halogens is 3. The van der Waals surface area contributed by atoms with Crippen molar-refractivity contribution in [3.8, 4) is 0 Å². The maximum absolute atomic E-state index is 12.8. The van der Waals surface area contributed by atoms with Crippen LogP contribution in [0.15, 0.2) is 18.2 Å². The molecule has 0 bridgehead atoms. The molecule has 13 heavy (non-hydrogen) atoms. The summed E-state index contributed by atoms with van der Waals surface area (Å²) in [5.41, 5.74) is -0.176. The Hall–Kier alpha value is -0.670. The highest BCUT2D eigenvalue weighted by Crippen LogP contribution is 2.22. The lowest BCUT2D eigenvalue weighted by Crippen LogP contribution is -2.29. The average molecular weight is 206 g/mol. The van der Waals surface area contributed by atoms with Crippen LogP contribution < -0.4 is 4.84 Å². The van der Waals surface area contributed by atoms with Crippen LogP contribution in [-0.2, 0) is 5.54 Å². The molecule has 0 aromatic heterocycles. The minimum Gasteiger partial charge on any atom is -0.223 e. The summed E-state index contributed by atoms with van der Waals surface area (Å²) in [5, 5.41) is 0. The van der Waals surface area contributed by atoms with Gasteiger partial charge < -0.3 is 0 Å². The Morgan fingerprint density at radius 3 is 2.00 bits per heavy atom. The van der Waals surface area contributed by atoms with Gasteiger partial charge in [-0.15, -0.1) is 0 Å². The van der Waals surface area contributed by atoms with Gasteiger partial charge in [-0.05, 0) is 43.3 Å². The van der Waals surface area contributed by atoms with Gasteiger partial charge in [0.1, 0.15) is 11.6 Å². The summed E-state index contributed by atoms with van der Waals surface area (Å²) in [6.45, 7) is 3.46. The predicted octanol–water partition coefficient (Wildman–Crippen LogP) is 2.94. The molecule has 0 amide bonds. The lowest BCUT2D eigenvalue weighted by Gasteiger charge is -2.22. The Morgan fingerprint density at radius 1 is 1.15 bits per heavy atom. The molecule has 0 unspecified atom stereocenters. The molecule has 0 fully saturated rings. The summed E-state index contributed by atoms with van der Waals surface area (Å²) in [6.07, 6.45) is 0. The monoisotopic (exact) mass is 205 g/mol. The standard InChI is InChI=1S/C9H10ClF2N/c1-9(2,13-10)6-3-7(11)5-8(12)4-6/h3-5,13H,1-2H3. The van der Waals surface area contributed by atoms with Crippen LogP contribution in [0.2, 0.25) is 0 Å². The van der Waals surface area contributed by atoms with Gasteiger partial charge in [0, 0.05) is 6.07 Å². The summed E-state index contributed by atoms with van der Waals surface area (Å²) >= 11 is 5.44. The highest BCUT2D eigenvalue weighted by molar-refractivity contribution is 6.13. The van der Waals surface area contributed by atoms with Crippen LogP contribution in [0, 0.1) is 11.6 Å². The third-order valence-corrected chi connectivity index (χ3v) is 2.29. The van der Waals surface area contributed by atoms with Crippen LogP contribution in [0.4, 0.5) is 8.78 Å². The molecule has 1 nitrogen and oxygen atoms in total. The second-order valence-electron chi connectivity index (χ2n) is 3.38. The van der Waals surface area contributed by atoms with Crippen LogP contribution in [0.5, 0.6) is 0 Å². The Labute approximate surface area is 80.8 Å². The average Bonchev–Trinajstić information content (AvgIpc) is 2.02. The molecular weight excluding hydrogens is 196 g/mol. The maximum Gasteiger partial charge on any atom is 0.126 e. The van der Waals surface area contributed by atoms with Gasteiger partial charge in [0.2, 0.25) is 0 Å². The smallest absolute Gasteiger partial charge is 0.126 e. The number of nitrogens with one attached hydrogen (secondary N) is 1. The van der Waals surface area contributed by atoms with E-state index in [4.69, 9.17) is 11.8 Å². The van der Waals surface area contributed by atoms with E-state index in [1.54, 1.807) is 13.8 Å². The van der Waals surface area contributed by atoms with Gasteiger partial charge in [0.25, 0.3) is 0 Å². The molecule has 1 aromatic carbocycles. The third kappa shape index (κ3) is 2.39. The van der Waals surface area contributed by atoms with Crippen LogP contribution in [0.25, 0.3) is 0 Å². The first-order chi connectivity index (χ1) is 5.95. The van der Waals surface area contributed by atoms with Crippen molar-refractivity contribution in [2.24, 2.45) is 0 Å². The first kappa shape index (κ1) is 10.4. The third-order valence-electron chi connectivity index (χ3n) is 1.82. The van der Waals surface area contributed by atoms with Crippen molar-refractivity contribution < 1.29 is 8.78 Å². The number of hydrogen-bond donors (Lipinski definition) is 1. The molecule has 0 aliphatic heterocycles. The van der Waals surface area contributed by atoms with Crippen molar-refractivity contribution in [1.82, 2.24) is 4.84 Å². The Morgan fingerprint density at radius 2 is 1.62 bits per heavy atom.